The van der Waals surface area contributed by atoms with E-state index in [1.54, 1.807) is 22.0 Å². The predicted molar refractivity (Wildman–Crippen MR) is 106 cm³/mol. The maximum absolute atomic E-state index is 12.7. The summed E-state index contributed by atoms with van der Waals surface area (Å²) in [6.07, 6.45) is 4.75. The Hall–Kier alpha value is -3.00. The molecule has 1 saturated heterocycles. The second kappa shape index (κ2) is 8.35. The summed E-state index contributed by atoms with van der Waals surface area (Å²) in [6, 6.07) is 11.3. The summed E-state index contributed by atoms with van der Waals surface area (Å²) in [7, 11) is 0. The van der Waals surface area contributed by atoms with E-state index in [4.69, 9.17) is 0 Å². The average Bonchev–Trinajstić information content (AvgIpc) is 3.49. The molecule has 3 aromatic rings. The fourth-order valence-corrected chi connectivity index (χ4v) is 4.07. The molecule has 0 unspecified atom stereocenters. The number of benzene rings is 1. The first kappa shape index (κ1) is 18.4. The highest BCUT2D eigenvalue weighted by atomic mass is 32.1. The zero-order chi connectivity index (χ0) is 19.3. The fourth-order valence-electron chi connectivity index (χ4n) is 3.40. The van der Waals surface area contributed by atoms with Gasteiger partial charge < -0.3 is 10.2 Å². The maximum atomic E-state index is 12.7. The van der Waals surface area contributed by atoms with Crippen LogP contribution in [0.2, 0.25) is 0 Å². The fraction of sp³-hybridized carbons (Fsp3) is 0.300. The number of rotatable bonds is 6. The Morgan fingerprint density at radius 1 is 1.18 bits per heavy atom. The molecule has 1 atom stereocenters. The summed E-state index contributed by atoms with van der Waals surface area (Å²) in [6.45, 7) is 1.74. The predicted octanol–water partition coefficient (Wildman–Crippen LogP) is 2.31. The van der Waals surface area contributed by atoms with Gasteiger partial charge in [0, 0.05) is 13.1 Å². The highest BCUT2D eigenvalue weighted by Gasteiger charge is 2.34. The molecule has 2 aromatic heterocycles. The first-order valence-corrected chi connectivity index (χ1v) is 10.1. The van der Waals surface area contributed by atoms with Crippen LogP contribution in [0.1, 0.15) is 33.6 Å². The lowest BCUT2D eigenvalue weighted by Gasteiger charge is -2.23. The Morgan fingerprint density at radius 3 is 2.71 bits per heavy atom. The Morgan fingerprint density at radius 2 is 2.00 bits per heavy atom. The number of nitrogens with one attached hydrogen (secondary N) is 1. The van der Waals surface area contributed by atoms with Crippen LogP contribution in [0.15, 0.2) is 54.4 Å². The normalized spacial score (nSPS) is 16.3. The summed E-state index contributed by atoms with van der Waals surface area (Å²) >= 11 is 1.41. The maximum Gasteiger partial charge on any atom is 0.264 e. The Bertz CT molecular complexity index is 922. The van der Waals surface area contributed by atoms with Gasteiger partial charge in [-0.05, 0) is 35.4 Å². The number of nitrogens with zero attached hydrogens (tertiary/aromatic N) is 4. The molecular formula is C20H21N5O2S. The lowest BCUT2D eigenvalue weighted by atomic mass is 10.1. The lowest BCUT2D eigenvalue weighted by Crippen LogP contribution is -2.45. The zero-order valence-corrected chi connectivity index (χ0v) is 16.1. The molecule has 144 valence electrons. The van der Waals surface area contributed by atoms with Crippen LogP contribution in [0.5, 0.6) is 0 Å². The van der Waals surface area contributed by atoms with Crippen LogP contribution in [0.25, 0.3) is 0 Å². The smallest absolute Gasteiger partial charge is 0.264 e. The second-order valence-corrected chi connectivity index (χ2v) is 7.71. The van der Waals surface area contributed by atoms with Gasteiger partial charge in [-0.25, -0.2) is 9.67 Å². The summed E-state index contributed by atoms with van der Waals surface area (Å²) < 4.78 is 1.76. The molecule has 2 amide bonds. The van der Waals surface area contributed by atoms with Crippen LogP contribution in [0, 0.1) is 0 Å². The number of carbonyl (C=O) groups is 2. The molecule has 28 heavy (non-hydrogen) atoms. The molecule has 1 fully saturated rings. The second-order valence-electron chi connectivity index (χ2n) is 6.76. The van der Waals surface area contributed by atoms with Crippen molar-refractivity contribution < 1.29 is 9.59 Å². The number of aromatic nitrogens is 3. The topological polar surface area (TPSA) is 80.1 Å². The van der Waals surface area contributed by atoms with Gasteiger partial charge in [-0.1, -0.05) is 30.3 Å². The van der Waals surface area contributed by atoms with Gasteiger partial charge in [0.15, 0.2) is 0 Å². The SMILES string of the molecule is O=C(NCc1ccc(Cn2cncn2)cc1)[C@@H]1CCCN1C(=O)c1cccs1. The molecule has 1 aromatic carbocycles. The quantitative estimate of drug-likeness (QED) is 0.695. The molecule has 0 spiro atoms. The van der Waals surface area contributed by atoms with Crippen molar-refractivity contribution in [2.24, 2.45) is 0 Å². The van der Waals surface area contributed by atoms with E-state index < -0.39 is 0 Å². The lowest BCUT2D eigenvalue weighted by molar-refractivity contribution is -0.125. The van der Waals surface area contributed by atoms with Gasteiger partial charge >= 0.3 is 0 Å². The van der Waals surface area contributed by atoms with Crippen LogP contribution < -0.4 is 5.32 Å². The molecule has 0 bridgehead atoms. The van der Waals surface area contributed by atoms with E-state index in [9.17, 15) is 9.59 Å². The van der Waals surface area contributed by atoms with E-state index in [0.717, 1.165) is 17.5 Å². The van der Waals surface area contributed by atoms with E-state index in [2.05, 4.69) is 15.4 Å². The van der Waals surface area contributed by atoms with E-state index in [-0.39, 0.29) is 17.9 Å². The molecule has 0 saturated carbocycles. The van der Waals surface area contributed by atoms with Gasteiger partial charge in [-0.3, -0.25) is 9.59 Å². The molecular weight excluding hydrogens is 374 g/mol. The van der Waals surface area contributed by atoms with Gasteiger partial charge in [0.05, 0.1) is 11.4 Å². The number of hydrogen-bond donors (Lipinski definition) is 1. The first-order chi connectivity index (χ1) is 13.7. The van der Waals surface area contributed by atoms with Gasteiger partial charge in [0.2, 0.25) is 5.91 Å². The minimum atomic E-state index is -0.388. The van der Waals surface area contributed by atoms with Crippen LogP contribution in [0.3, 0.4) is 0 Å². The van der Waals surface area contributed by atoms with Crippen LogP contribution >= 0.6 is 11.3 Å². The molecule has 4 rings (SSSR count). The van der Waals surface area contributed by atoms with Crippen molar-refractivity contribution in [1.29, 1.82) is 0 Å². The van der Waals surface area contributed by atoms with Crippen molar-refractivity contribution in [2.75, 3.05) is 6.54 Å². The van der Waals surface area contributed by atoms with Crippen molar-refractivity contribution in [1.82, 2.24) is 25.0 Å². The van der Waals surface area contributed by atoms with Crippen LogP contribution in [-0.4, -0.2) is 44.1 Å². The van der Waals surface area contributed by atoms with Crippen LogP contribution in [0.4, 0.5) is 0 Å². The van der Waals surface area contributed by atoms with Crippen LogP contribution in [-0.2, 0) is 17.9 Å². The van der Waals surface area contributed by atoms with E-state index in [0.29, 0.717) is 30.9 Å². The number of thiophene rings is 1. The van der Waals surface area contributed by atoms with Gasteiger partial charge in [0.1, 0.15) is 18.7 Å². The van der Waals surface area contributed by atoms with Crippen molar-refractivity contribution in [2.45, 2.75) is 32.0 Å². The molecule has 0 aliphatic carbocycles. The summed E-state index contributed by atoms with van der Waals surface area (Å²) in [5, 5.41) is 8.95. The van der Waals surface area contributed by atoms with Crippen molar-refractivity contribution in [3.05, 3.63) is 70.4 Å². The number of amides is 2. The van der Waals surface area contributed by atoms with E-state index in [1.807, 2.05) is 35.7 Å². The molecule has 1 aliphatic heterocycles. The third kappa shape index (κ3) is 4.12. The number of carbonyl (C=O) groups excluding carboxylic acids is 2. The monoisotopic (exact) mass is 395 g/mol. The Labute approximate surface area is 167 Å². The summed E-state index contributed by atoms with van der Waals surface area (Å²) in [5.41, 5.74) is 2.13. The highest BCUT2D eigenvalue weighted by molar-refractivity contribution is 7.12. The average molecular weight is 395 g/mol. The molecule has 0 radical (unpaired) electrons. The molecule has 3 heterocycles. The first-order valence-electron chi connectivity index (χ1n) is 9.23. The minimum Gasteiger partial charge on any atom is -0.350 e. The molecule has 7 nitrogen and oxygen atoms in total. The van der Waals surface area contributed by atoms with Gasteiger partial charge in [-0.2, -0.15) is 5.10 Å². The molecule has 1 aliphatic rings. The number of hydrogen-bond acceptors (Lipinski definition) is 5. The largest absolute Gasteiger partial charge is 0.350 e. The van der Waals surface area contributed by atoms with Crippen molar-refractivity contribution in [3.8, 4) is 0 Å². The third-order valence-electron chi connectivity index (χ3n) is 4.85. The minimum absolute atomic E-state index is 0.0508. The number of likely N-dealkylation sites (tertiary alicyclic amines) is 1. The summed E-state index contributed by atoms with van der Waals surface area (Å²) in [5.74, 6) is -0.140. The van der Waals surface area contributed by atoms with Crippen molar-refractivity contribution in [3.63, 3.8) is 0 Å². The van der Waals surface area contributed by atoms with Crippen molar-refractivity contribution >= 4 is 23.2 Å². The van der Waals surface area contributed by atoms with Gasteiger partial charge in [-0.15, -0.1) is 11.3 Å². The zero-order valence-electron chi connectivity index (χ0n) is 15.3. The third-order valence-corrected chi connectivity index (χ3v) is 5.71. The molecule has 8 heteroatoms. The van der Waals surface area contributed by atoms with Gasteiger partial charge in [0.25, 0.3) is 5.91 Å². The van der Waals surface area contributed by atoms with E-state index in [1.165, 1.54) is 17.7 Å². The standard InChI is InChI=1S/C20H21N5O2S/c26-19(17-3-1-9-25(17)20(27)18-4-2-10-28-18)22-11-15-5-7-16(8-6-15)12-24-14-21-13-23-24/h2,4-8,10,13-14,17H,1,3,9,11-12H2,(H,22,26)/t17-/m0/s1. The summed E-state index contributed by atoms with van der Waals surface area (Å²) in [4.78, 5) is 31.6. The highest BCUT2D eigenvalue weighted by Crippen LogP contribution is 2.22. The Balaban J connectivity index is 1.32. The van der Waals surface area contributed by atoms with E-state index >= 15 is 0 Å². The molecule has 1 N–H and O–H groups in total. The Kier molecular flexibility index (Phi) is 5.48.